The molecule has 1 N–H and O–H groups in total. The van der Waals surface area contributed by atoms with E-state index in [9.17, 15) is 0 Å². The van der Waals surface area contributed by atoms with Gasteiger partial charge in [-0.15, -0.1) is 0 Å². The van der Waals surface area contributed by atoms with Crippen LogP contribution in [0, 0.1) is 6.92 Å². The summed E-state index contributed by atoms with van der Waals surface area (Å²) in [5, 5.41) is 4.33. The highest BCUT2D eigenvalue weighted by Gasteiger charge is 2.15. The third-order valence-electron chi connectivity index (χ3n) is 4.78. The van der Waals surface area contributed by atoms with E-state index < -0.39 is 0 Å². The van der Waals surface area contributed by atoms with Crippen molar-refractivity contribution in [2.75, 3.05) is 43.2 Å². The Balaban J connectivity index is 0.00000193. The fourth-order valence-corrected chi connectivity index (χ4v) is 3.21. The fourth-order valence-electron chi connectivity index (χ4n) is 3.21. The van der Waals surface area contributed by atoms with Gasteiger partial charge in [0, 0.05) is 37.5 Å². The molecule has 8 nitrogen and oxygen atoms in total. The maximum absolute atomic E-state index is 5.85. The largest absolute Gasteiger partial charge is 1.00 e. The van der Waals surface area contributed by atoms with Gasteiger partial charge in [0.2, 0.25) is 0 Å². The molecule has 1 aromatic carbocycles. The van der Waals surface area contributed by atoms with Crippen LogP contribution in [0.25, 0.3) is 0 Å². The van der Waals surface area contributed by atoms with Crippen LogP contribution in [-0.4, -0.2) is 54.1 Å². The van der Waals surface area contributed by atoms with Crippen molar-refractivity contribution in [1.29, 1.82) is 0 Å². The first kappa shape index (κ1) is 26.7. The van der Waals surface area contributed by atoms with Crippen molar-refractivity contribution in [3.05, 3.63) is 71.5 Å². The van der Waals surface area contributed by atoms with Crippen LogP contribution in [0.2, 0.25) is 0 Å². The Morgan fingerprint density at radius 3 is 2.70 bits per heavy atom. The van der Waals surface area contributed by atoms with Crippen molar-refractivity contribution in [3.63, 3.8) is 0 Å². The molecule has 176 valence electrons. The highest BCUT2D eigenvalue weighted by atomic mass is 79.9. The molecule has 1 saturated heterocycles. The zero-order valence-electron chi connectivity index (χ0n) is 18.3. The summed E-state index contributed by atoms with van der Waals surface area (Å²) in [6.45, 7) is 5.39. The first-order chi connectivity index (χ1) is 15.3. The van der Waals surface area contributed by atoms with Gasteiger partial charge in [0.25, 0.3) is 0 Å². The maximum Gasteiger partial charge on any atom is 0.320 e. The molecule has 0 atom stereocenters. The van der Waals surface area contributed by atoms with Crippen LogP contribution in [-0.2, 0) is 11.2 Å². The minimum Gasteiger partial charge on any atom is -1.00 e. The summed E-state index contributed by atoms with van der Waals surface area (Å²) in [4.78, 5) is 15.5. The van der Waals surface area contributed by atoms with Gasteiger partial charge in [-0.25, -0.2) is 0 Å². The zero-order chi connectivity index (χ0) is 21.3. The zero-order valence-corrected chi connectivity index (χ0v) is 21.5. The number of halogens is 2. The molecule has 33 heavy (non-hydrogen) atoms. The van der Waals surface area contributed by atoms with Gasteiger partial charge in [0.05, 0.1) is 26.0 Å². The number of pyridine rings is 1. The third kappa shape index (κ3) is 8.38. The molecule has 0 amide bonds. The molecule has 0 unspecified atom stereocenters. The van der Waals surface area contributed by atoms with Crippen molar-refractivity contribution < 1.29 is 43.4 Å². The van der Waals surface area contributed by atoms with Crippen LogP contribution < -0.4 is 49.0 Å². The Kier molecular flexibility index (Phi) is 11.2. The van der Waals surface area contributed by atoms with E-state index in [-0.39, 0.29) is 34.0 Å². The second-order valence-corrected chi connectivity index (χ2v) is 7.20. The smallest absolute Gasteiger partial charge is 0.320 e. The Morgan fingerprint density at radius 2 is 1.94 bits per heavy atom. The summed E-state index contributed by atoms with van der Waals surface area (Å²) in [7, 11) is 0. The van der Waals surface area contributed by atoms with E-state index in [1.165, 1.54) is 5.56 Å². The summed E-state index contributed by atoms with van der Waals surface area (Å²) in [6.07, 6.45) is 4.23. The number of hydrogen-bond donors (Lipinski definition) is 1. The van der Waals surface area contributed by atoms with Gasteiger partial charge in [-0.2, -0.15) is 15.1 Å². The summed E-state index contributed by atoms with van der Waals surface area (Å²) < 4.78 is 11.3. The maximum atomic E-state index is 5.85. The minimum absolute atomic E-state index is 0. The molecule has 3 heterocycles. The molecular formula is C23H26Br2N6O2-2. The number of anilines is 2. The van der Waals surface area contributed by atoms with E-state index in [2.05, 4.69) is 49.4 Å². The number of morpholine rings is 1. The summed E-state index contributed by atoms with van der Waals surface area (Å²) in [6, 6.07) is 16.2. The van der Waals surface area contributed by atoms with Gasteiger partial charge < -0.3 is 48.3 Å². The van der Waals surface area contributed by atoms with Crippen LogP contribution >= 0.6 is 0 Å². The predicted molar refractivity (Wildman–Crippen MR) is 121 cm³/mol. The second-order valence-electron chi connectivity index (χ2n) is 7.20. The van der Waals surface area contributed by atoms with E-state index in [1.54, 1.807) is 12.4 Å². The highest BCUT2D eigenvalue weighted by Crippen LogP contribution is 2.20. The molecule has 0 aliphatic carbocycles. The van der Waals surface area contributed by atoms with Gasteiger partial charge in [0.15, 0.2) is 5.82 Å². The molecule has 2 aromatic heterocycles. The monoisotopic (exact) mass is 576 g/mol. The molecule has 10 heteroatoms. The number of rotatable bonds is 8. The topological polar surface area (TPSA) is 84.8 Å². The lowest BCUT2D eigenvalue weighted by Crippen LogP contribution is -3.00. The molecule has 1 aliphatic rings. The number of nitrogens with zero attached hydrogens (tertiary/aromatic N) is 5. The number of aryl methyl sites for hydroxylation is 1. The van der Waals surface area contributed by atoms with E-state index in [0.717, 1.165) is 30.2 Å². The van der Waals surface area contributed by atoms with E-state index >= 15 is 0 Å². The van der Waals surface area contributed by atoms with Crippen LogP contribution in [0.15, 0.2) is 59.8 Å². The molecular weight excluding hydrogens is 552 g/mol. The standard InChI is InChI=1S/C23H26N6O2.2BrH/c1-18-5-4-6-19(15-18)17-25-28-21-16-22(29-10-13-30-14-11-29)27-23(26-21)31-12-8-20-7-2-3-9-24-20;;/h2-7,9,15-17H,8,10-14H2,1H3,(H,26,27,28);2*1H/p-2/b25-17+;;. The number of hydrogen-bond acceptors (Lipinski definition) is 8. The van der Waals surface area contributed by atoms with Crippen molar-refractivity contribution in [2.24, 2.45) is 5.10 Å². The van der Waals surface area contributed by atoms with Crippen molar-refractivity contribution in [3.8, 4) is 6.01 Å². The molecule has 0 bridgehead atoms. The minimum atomic E-state index is 0. The summed E-state index contributed by atoms with van der Waals surface area (Å²) >= 11 is 0. The average Bonchev–Trinajstić information content (AvgIpc) is 2.80. The van der Waals surface area contributed by atoms with Gasteiger partial charge in [0.1, 0.15) is 5.82 Å². The Hall–Kier alpha value is -2.56. The number of ether oxygens (including phenoxy) is 2. The van der Waals surface area contributed by atoms with Crippen LogP contribution in [0.3, 0.4) is 0 Å². The highest BCUT2D eigenvalue weighted by molar-refractivity contribution is 5.80. The Labute approximate surface area is 215 Å². The van der Waals surface area contributed by atoms with Gasteiger partial charge in [-0.05, 0) is 24.6 Å². The SMILES string of the molecule is Cc1cccc(/C=N/Nc2cc(N3CCOCC3)nc(OCCc3ccccn3)n2)c1.[Br-].[Br-]. The molecule has 0 spiro atoms. The summed E-state index contributed by atoms with van der Waals surface area (Å²) in [5.74, 6) is 1.37. The van der Waals surface area contributed by atoms with Crippen molar-refractivity contribution in [2.45, 2.75) is 13.3 Å². The first-order valence-corrected chi connectivity index (χ1v) is 10.4. The number of hydrazone groups is 1. The Bertz CT molecular complexity index is 1020. The van der Waals surface area contributed by atoms with Gasteiger partial charge in [-0.3, -0.25) is 10.4 Å². The normalized spacial score (nSPS) is 13.2. The lowest BCUT2D eigenvalue weighted by atomic mass is 10.2. The first-order valence-electron chi connectivity index (χ1n) is 10.4. The van der Waals surface area contributed by atoms with Crippen molar-refractivity contribution in [1.82, 2.24) is 15.0 Å². The number of aromatic nitrogens is 3. The van der Waals surface area contributed by atoms with E-state index in [4.69, 9.17) is 9.47 Å². The van der Waals surface area contributed by atoms with Crippen LogP contribution in [0.1, 0.15) is 16.8 Å². The van der Waals surface area contributed by atoms with Crippen LogP contribution in [0.4, 0.5) is 11.6 Å². The molecule has 0 saturated carbocycles. The van der Waals surface area contributed by atoms with E-state index in [0.29, 0.717) is 38.1 Å². The number of benzene rings is 1. The average molecular weight is 578 g/mol. The van der Waals surface area contributed by atoms with E-state index in [1.807, 2.05) is 36.4 Å². The third-order valence-corrected chi connectivity index (χ3v) is 4.78. The predicted octanol–water partition coefficient (Wildman–Crippen LogP) is -2.91. The van der Waals surface area contributed by atoms with Gasteiger partial charge in [-0.1, -0.05) is 35.9 Å². The molecule has 3 aromatic rings. The quantitative estimate of drug-likeness (QED) is 0.227. The fraction of sp³-hybridized carbons (Fsp3) is 0.304. The second kappa shape index (κ2) is 13.9. The molecule has 4 rings (SSSR count). The lowest BCUT2D eigenvalue weighted by Gasteiger charge is -2.28. The lowest BCUT2D eigenvalue weighted by molar-refractivity contribution is -0.00100. The number of nitrogens with one attached hydrogen (secondary N) is 1. The van der Waals surface area contributed by atoms with Crippen LogP contribution in [0.5, 0.6) is 6.01 Å². The Morgan fingerprint density at radius 1 is 1.09 bits per heavy atom. The molecule has 0 radical (unpaired) electrons. The van der Waals surface area contributed by atoms with Crippen molar-refractivity contribution >= 4 is 17.9 Å². The molecule has 1 fully saturated rings. The molecule has 1 aliphatic heterocycles. The summed E-state index contributed by atoms with van der Waals surface area (Å²) in [5.41, 5.74) is 6.17. The van der Waals surface area contributed by atoms with Gasteiger partial charge >= 0.3 is 6.01 Å².